The lowest BCUT2D eigenvalue weighted by atomic mass is 9.81. The first kappa shape index (κ1) is 22.8. The van der Waals surface area contributed by atoms with Crippen LogP contribution in [-0.2, 0) is 32.2 Å². The van der Waals surface area contributed by atoms with Gasteiger partial charge in [-0.3, -0.25) is 4.79 Å². The van der Waals surface area contributed by atoms with E-state index in [-0.39, 0.29) is 51.7 Å². The summed E-state index contributed by atoms with van der Waals surface area (Å²) in [5.41, 5.74) is 8.44. The number of esters is 1. The number of cyclic esters (lactones) is 1. The quantitative estimate of drug-likeness (QED) is 0.301. The first-order chi connectivity index (χ1) is 17.4. The summed E-state index contributed by atoms with van der Waals surface area (Å²) in [6.07, 6.45) is 4.07. The molecule has 1 fully saturated rings. The van der Waals surface area contributed by atoms with Gasteiger partial charge in [0.2, 0.25) is 12.7 Å². The number of benzene rings is 1. The van der Waals surface area contributed by atoms with Crippen LogP contribution in [0, 0.1) is 0 Å². The van der Waals surface area contributed by atoms with Crippen molar-refractivity contribution in [3.63, 3.8) is 0 Å². The molecule has 5 heterocycles. The molecule has 36 heavy (non-hydrogen) atoms. The van der Waals surface area contributed by atoms with E-state index in [1.54, 1.807) is 6.92 Å². The maximum absolute atomic E-state index is 12.4. The van der Waals surface area contributed by atoms with E-state index in [4.69, 9.17) is 29.7 Å². The summed E-state index contributed by atoms with van der Waals surface area (Å²) in [7, 11) is 0. The lowest BCUT2D eigenvalue weighted by Crippen LogP contribution is -2.48. The highest BCUT2D eigenvalue weighted by atomic mass is 16.7. The van der Waals surface area contributed by atoms with Crippen LogP contribution >= 0.6 is 0 Å². The summed E-state index contributed by atoms with van der Waals surface area (Å²) in [4.78, 5) is 31.1. The molecule has 11 nitrogen and oxygen atoms in total. The van der Waals surface area contributed by atoms with Crippen LogP contribution in [0.25, 0.3) is 10.9 Å². The van der Waals surface area contributed by atoms with Crippen molar-refractivity contribution in [3.8, 4) is 11.5 Å². The average Bonchev–Trinajstić information content (AvgIpc) is 3.49. The Kier molecular flexibility index (Phi) is 5.36. The van der Waals surface area contributed by atoms with Gasteiger partial charge in [0.25, 0.3) is 0 Å². The summed E-state index contributed by atoms with van der Waals surface area (Å²) in [6.45, 7) is 2.69. The Labute approximate surface area is 206 Å². The highest BCUT2D eigenvalue weighted by molar-refractivity contribution is 5.89. The zero-order chi connectivity index (χ0) is 25.0. The minimum absolute atomic E-state index is 0.0173. The molecule has 4 N–H and O–H groups in total. The molecule has 4 aliphatic heterocycles. The predicted molar refractivity (Wildman–Crippen MR) is 125 cm³/mol. The van der Waals surface area contributed by atoms with Gasteiger partial charge in [-0.25, -0.2) is 9.78 Å². The van der Waals surface area contributed by atoms with Gasteiger partial charge < -0.3 is 40.0 Å². The zero-order valence-electron chi connectivity index (χ0n) is 19.7. The first-order valence-electron chi connectivity index (χ1n) is 11.8. The van der Waals surface area contributed by atoms with Gasteiger partial charge in [-0.1, -0.05) is 6.92 Å². The van der Waals surface area contributed by atoms with Crippen LogP contribution in [0.15, 0.2) is 35.6 Å². The number of nitrogens with two attached hydrogens (primary N) is 1. The minimum atomic E-state index is -1.69. The van der Waals surface area contributed by atoms with Crippen LogP contribution in [0.1, 0.15) is 36.2 Å². The molecule has 188 valence electrons. The number of amides is 1. The fourth-order valence-electron chi connectivity index (χ4n) is 5.22. The van der Waals surface area contributed by atoms with Crippen LogP contribution < -0.4 is 20.5 Å². The Hall–Kier alpha value is -3.67. The molecule has 2 aromatic rings. The van der Waals surface area contributed by atoms with Gasteiger partial charge in [0.05, 0.1) is 30.4 Å². The Morgan fingerprint density at radius 3 is 2.92 bits per heavy atom. The smallest absolute Gasteiger partial charge is 0.343 e. The number of nitrogens with one attached hydrogen (secondary N) is 1. The number of carbonyl (C=O) groups excluding carboxylic acids is 2. The van der Waals surface area contributed by atoms with Crippen LogP contribution in [0.2, 0.25) is 0 Å². The van der Waals surface area contributed by atoms with Gasteiger partial charge >= 0.3 is 5.97 Å². The molecule has 0 saturated carbocycles. The highest BCUT2D eigenvalue weighted by Gasteiger charge is 2.48. The number of rotatable bonds is 6. The number of hydrogen-bond donors (Lipinski definition) is 3. The monoisotopic (exact) mass is 494 g/mol. The van der Waals surface area contributed by atoms with Gasteiger partial charge in [-0.15, -0.1) is 0 Å². The van der Waals surface area contributed by atoms with Gasteiger partial charge in [0.15, 0.2) is 17.1 Å². The fraction of sp³-hybridized carbons (Fsp3) is 0.400. The van der Waals surface area contributed by atoms with E-state index in [2.05, 4.69) is 10.2 Å². The van der Waals surface area contributed by atoms with E-state index in [0.717, 1.165) is 27.8 Å². The Bertz CT molecular complexity index is 1350. The van der Waals surface area contributed by atoms with Crippen molar-refractivity contribution in [2.75, 3.05) is 26.7 Å². The van der Waals surface area contributed by atoms with Crippen LogP contribution in [0.3, 0.4) is 0 Å². The molecular formula is C25H26N4O7. The predicted octanol–water partition coefficient (Wildman–Crippen LogP) is 0.891. The van der Waals surface area contributed by atoms with Gasteiger partial charge in [0, 0.05) is 40.9 Å². The minimum Gasteiger partial charge on any atom is -0.458 e. The van der Waals surface area contributed by atoms with Crippen LogP contribution in [-0.4, -0.2) is 59.1 Å². The number of ether oxygens (including phenoxy) is 4. The molecule has 0 bridgehead atoms. The molecule has 1 unspecified atom stereocenters. The van der Waals surface area contributed by atoms with Gasteiger partial charge in [0.1, 0.15) is 13.3 Å². The van der Waals surface area contributed by atoms with Crippen molar-refractivity contribution in [2.45, 2.75) is 38.1 Å². The highest BCUT2D eigenvalue weighted by Crippen LogP contribution is 2.47. The number of aromatic nitrogens is 1. The molecule has 6 rings (SSSR count). The molecule has 1 aromatic heterocycles. The molecule has 0 aliphatic carbocycles. The Balaban J connectivity index is 1.43. The molecule has 11 heteroatoms. The molecule has 1 aromatic carbocycles. The summed E-state index contributed by atoms with van der Waals surface area (Å²) in [6, 6.07) is 3.48. The van der Waals surface area contributed by atoms with E-state index in [9.17, 15) is 14.7 Å². The molecule has 0 spiro atoms. The number of nitrogens with zero attached hydrogens (tertiary/aromatic N) is 2. The third-order valence-corrected chi connectivity index (χ3v) is 7.16. The summed E-state index contributed by atoms with van der Waals surface area (Å²) in [5.74, 6) is 0.317. The SMILES string of the molecule is CC[C@@]1(O)C(=O)OCC2=CN3Cc4c(nc5cc6c(cc5c4COCNC(=O)CN)OCO6)C3C=C21. The topological polar surface area (TPSA) is 145 Å². The molecule has 4 aliphatic rings. The second kappa shape index (κ2) is 8.47. The van der Waals surface area contributed by atoms with Crippen molar-refractivity contribution in [1.29, 1.82) is 0 Å². The molecular weight excluding hydrogens is 468 g/mol. The zero-order valence-corrected chi connectivity index (χ0v) is 19.7. The first-order valence-corrected chi connectivity index (χ1v) is 11.8. The number of hydrogen-bond acceptors (Lipinski definition) is 10. The summed E-state index contributed by atoms with van der Waals surface area (Å²) >= 11 is 0. The summed E-state index contributed by atoms with van der Waals surface area (Å²) in [5, 5.41) is 14.6. The Morgan fingerprint density at radius 1 is 1.33 bits per heavy atom. The number of aliphatic hydroxyl groups is 1. The van der Waals surface area contributed by atoms with Crippen molar-refractivity contribution >= 4 is 22.8 Å². The van der Waals surface area contributed by atoms with E-state index in [1.165, 1.54) is 0 Å². The second-order valence-electron chi connectivity index (χ2n) is 9.12. The second-order valence-corrected chi connectivity index (χ2v) is 9.12. The molecule has 1 amide bonds. The summed E-state index contributed by atoms with van der Waals surface area (Å²) < 4.78 is 22.2. The Morgan fingerprint density at radius 2 is 2.14 bits per heavy atom. The van der Waals surface area contributed by atoms with Crippen molar-refractivity contribution < 1.29 is 33.6 Å². The number of fused-ring (bicyclic) bond motifs is 6. The molecule has 1 saturated heterocycles. The van der Waals surface area contributed by atoms with E-state index in [0.29, 0.717) is 29.1 Å². The molecule has 2 atom stereocenters. The lowest BCUT2D eigenvalue weighted by Gasteiger charge is -2.38. The van der Waals surface area contributed by atoms with E-state index >= 15 is 0 Å². The maximum Gasteiger partial charge on any atom is 0.343 e. The van der Waals surface area contributed by atoms with E-state index in [1.807, 2.05) is 24.4 Å². The molecule has 0 radical (unpaired) electrons. The maximum atomic E-state index is 12.4. The van der Waals surface area contributed by atoms with Gasteiger partial charge in [-0.05, 0) is 24.1 Å². The van der Waals surface area contributed by atoms with Crippen molar-refractivity contribution in [3.05, 3.63) is 52.4 Å². The van der Waals surface area contributed by atoms with Crippen LogP contribution in [0.5, 0.6) is 11.5 Å². The van der Waals surface area contributed by atoms with Crippen LogP contribution in [0.4, 0.5) is 0 Å². The number of carbonyl (C=O) groups is 2. The number of pyridine rings is 1. The standard InChI is InChI=1S/C25H26N4O7/c1-2-25(32)17-4-19-23-15(8-29(19)7-13(17)9-34-24(25)31)16(10-33-11-27-22(30)6-26)14-3-20-21(36-12-35-20)5-18(14)28-23/h3-5,7,19,32H,2,6,8-12,26H2,1H3,(H,27,30)/t19?,25-/m0/s1. The third kappa shape index (κ3) is 3.42. The van der Waals surface area contributed by atoms with Gasteiger partial charge in [-0.2, -0.15) is 0 Å². The average molecular weight is 495 g/mol. The third-order valence-electron chi connectivity index (χ3n) is 7.16. The van der Waals surface area contributed by atoms with E-state index < -0.39 is 11.6 Å². The normalized spacial score (nSPS) is 23.5. The lowest BCUT2D eigenvalue weighted by molar-refractivity contribution is -0.163. The largest absolute Gasteiger partial charge is 0.458 e. The fourth-order valence-corrected chi connectivity index (χ4v) is 5.22. The van der Waals surface area contributed by atoms with Crippen molar-refractivity contribution in [2.24, 2.45) is 5.73 Å². The van der Waals surface area contributed by atoms with Crippen molar-refractivity contribution in [1.82, 2.24) is 15.2 Å².